The molecule has 1 heterocycles. The molecule has 0 atom stereocenters. The van der Waals surface area contributed by atoms with Gasteiger partial charge in [0, 0.05) is 17.1 Å². The van der Waals surface area contributed by atoms with Crippen molar-refractivity contribution in [2.24, 2.45) is 0 Å². The van der Waals surface area contributed by atoms with E-state index in [0.29, 0.717) is 16.5 Å². The Labute approximate surface area is 115 Å². The third-order valence-electron chi connectivity index (χ3n) is 3.17. The van der Waals surface area contributed by atoms with Gasteiger partial charge in [0.2, 0.25) is 0 Å². The van der Waals surface area contributed by atoms with E-state index in [4.69, 9.17) is 5.11 Å². The zero-order valence-electron chi connectivity index (χ0n) is 10.4. The molecule has 1 aromatic heterocycles. The lowest BCUT2D eigenvalue weighted by Crippen LogP contribution is -1.97. The average Bonchev–Trinajstić information content (AvgIpc) is 2.46. The van der Waals surface area contributed by atoms with Crippen LogP contribution in [0.15, 0.2) is 54.7 Å². The number of aromatic carboxylic acids is 1. The number of carbonyl (C=O) groups is 1. The van der Waals surface area contributed by atoms with Crippen LogP contribution < -0.4 is 0 Å². The van der Waals surface area contributed by atoms with E-state index in [1.165, 1.54) is 6.20 Å². The van der Waals surface area contributed by atoms with Gasteiger partial charge in [-0.25, -0.2) is 4.79 Å². The highest BCUT2D eigenvalue weighted by Gasteiger charge is 2.11. The van der Waals surface area contributed by atoms with Crippen molar-refractivity contribution < 1.29 is 15.0 Å². The van der Waals surface area contributed by atoms with E-state index in [-0.39, 0.29) is 11.3 Å². The molecule has 0 aliphatic heterocycles. The number of pyridine rings is 1. The number of carboxylic acid groups (broad SMARTS) is 1. The number of hydrogen-bond acceptors (Lipinski definition) is 3. The van der Waals surface area contributed by atoms with Gasteiger partial charge in [-0.05, 0) is 23.8 Å². The Hall–Kier alpha value is -2.88. The summed E-state index contributed by atoms with van der Waals surface area (Å²) in [6, 6.07) is 14.0. The van der Waals surface area contributed by atoms with E-state index in [9.17, 15) is 9.90 Å². The Morgan fingerprint density at radius 1 is 1.00 bits per heavy atom. The van der Waals surface area contributed by atoms with Crippen LogP contribution in [0.3, 0.4) is 0 Å². The first-order valence-corrected chi connectivity index (χ1v) is 6.07. The molecule has 0 radical (unpaired) electrons. The molecule has 2 N–H and O–H groups in total. The molecule has 0 aliphatic rings. The fourth-order valence-electron chi connectivity index (χ4n) is 2.20. The summed E-state index contributed by atoms with van der Waals surface area (Å²) in [5.74, 6) is -0.868. The van der Waals surface area contributed by atoms with Crippen LogP contribution in [-0.2, 0) is 0 Å². The van der Waals surface area contributed by atoms with Crippen LogP contribution in [-0.4, -0.2) is 21.2 Å². The number of phenolic OH excluding ortho intramolecular Hbond substituents is 1. The SMILES string of the molecule is O=C(O)c1cnc2cccc(-c3ccccc3O)c2c1. The molecule has 0 saturated carbocycles. The van der Waals surface area contributed by atoms with Crippen LogP contribution in [0.5, 0.6) is 5.75 Å². The van der Waals surface area contributed by atoms with E-state index < -0.39 is 5.97 Å². The largest absolute Gasteiger partial charge is 0.507 e. The summed E-state index contributed by atoms with van der Waals surface area (Å²) in [5.41, 5.74) is 2.23. The van der Waals surface area contributed by atoms with Crippen LogP contribution in [0.1, 0.15) is 10.4 Å². The summed E-state index contributed by atoms with van der Waals surface area (Å²) in [6.45, 7) is 0. The first kappa shape index (κ1) is 12.2. The maximum absolute atomic E-state index is 11.1. The van der Waals surface area contributed by atoms with E-state index in [1.807, 2.05) is 24.3 Å². The maximum Gasteiger partial charge on any atom is 0.337 e. The second-order valence-electron chi connectivity index (χ2n) is 4.42. The zero-order valence-corrected chi connectivity index (χ0v) is 10.4. The molecule has 0 aliphatic carbocycles. The van der Waals surface area contributed by atoms with Gasteiger partial charge in [0.25, 0.3) is 0 Å². The lowest BCUT2D eigenvalue weighted by molar-refractivity contribution is 0.0696. The summed E-state index contributed by atoms with van der Waals surface area (Å²) in [6.07, 6.45) is 1.33. The molecular formula is C16H11NO3. The van der Waals surface area contributed by atoms with Crippen LogP contribution in [0.2, 0.25) is 0 Å². The number of rotatable bonds is 2. The van der Waals surface area contributed by atoms with Gasteiger partial charge in [-0.3, -0.25) is 4.98 Å². The number of para-hydroxylation sites is 1. The Bertz CT molecular complexity index is 812. The third kappa shape index (κ3) is 1.97. The molecule has 0 unspecified atom stereocenters. The molecule has 0 bridgehead atoms. The minimum absolute atomic E-state index is 0.125. The van der Waals surface area contributed by atoms with Gasteiger partial charge in [-0.2, -0.15) is 0 Å². The minimum Gasteiger partial charge on any atom is -0.507 e. The molecule has 0 amide bonds. The predicted molar refractivity (Wildman–Crippen MR) is 75.8 cm³/mol. The molecule has 0 spiro atoms. The summed E-state index contributed by atoms with van der Waals surface area (Å²) in [4.78, 5) is 15.2. The van der Waals surface area contributed by atoms with Crippen LogP contribution >= 0.6 is 0 Å². The van der Waals surface area contributed by atoms with Gasteiger partial charge >= 0.3 is 5.97 Å². The molecule has 20 heavy (non-hydrogen) atoms. The third-order valence-corrected chi connectivity index (χ3v) is 3.17. The van der Waals surface area contributed by atoms with E-state index in [2.05, 4.69) is 4.98 Å². The molecule has 4 nitrogen and oxygen atoms in total. The summed E-state index contributed by atoms with van der Waals surface area (Å²) in [7, 11) is 0. The number of benzene rings is 2. The van der Waals surface area contributed by atoms with Crippen molar-refractivity contribution in [1.29, 1.82) is 0 Å². The van der Waals surface area contributed by atoms with E-state index >= 15 is 0 Å². The van der Waals surface area contributed by atoms with Crippen molar-refractivity contribution in [3.05, 3.63) is 60.3 Å². The molecule has 2 aromatic carbocycles. The smallest absolute Gasteiger partial charge is 0.337 e. The Balaban J connectivity index is 2.33. The second-order valence-corrected chi connectivity index (χ2v) is 4.42. The van der Waals surface area contributed by atoms with Crippen molar-refractivity contribution in [2.45, 2.75) is 0 Å². The van der Waals surface area contributed by atoms with Crippen LogP contribution in [0, 0.1) is 0 Å². The van der Waals surface area contributed by atoms with Gasteiger partial charge in [0.1, 0.15) is 5.75 Å². The molecule has 3 aromatic rings. The van der Waals surface area contributed by atoms with Gasteiger partial charge < -0.3 is 10.2 Å². The Morgan fingerprint density at radius 2 is 1.75 bits per heavy atom. The van der Waals surface area contributed by atoms with Crippen molar-refractivity contribution in [1.82, 2.24) is 4.98 Å². The fourth-order valence-corrected chi connectivity index (χ4v) is 2.20. The fraction of sp³-hybridized carbons (Fsp3) is 0. The zero-order chi connectivity index (χ0) is 14.1. The normalized spacial score (nSPS) is 10.6. The molecule has 0 fully saturated rings. The number of hydrogen-bond donors (Lipinski definition) is 2. The topological polar surface area (TPSA) is 70.4 Å². The second kappa shape index (κ2) is 4.66. The summed E-state index contributed by atoms with van der Waals surface area (Å²) < 4.78 is 0. The maximum atomic E-state index is 11.1. The van der Waals surface area contributed by atoms with Crippen molar-refractivity contribution in [2.75, 3.05) is 0 Å². The Kier molecular flexibility index (Phi) is 2.84. The lowest BCUT2D eigenvalue weighted by atomic mass is 9.99. The summed E-state index contributed by atoms with van der Waals surface area (Å²) >= 11 is 0. The van der Waals surface area contributed by atoms with Crippen LogP contribution in [0.25, 0.3) is 22.0 Å². The van der Waals surface area contributed by atoms with Gasteiger partial charge in [-0.15, -0.1) is 0 Å². The highest BCUT2D eigenvalue weighted by Crippen LogP contribution is 2.33. The standard InChI is InChI=1S/C16H11NO3/c18-15-7-2-1-4-12(15)11-5-3-6-14-13(11)8-10(9-17-14)16(19)20/h1-9,18H,(H,19,20). The summed E-state index contributed by atoms with van der Waals surface area (Å²) in [5, 5.41) is 19.7. The number of aromatic nitrogens is 1. The minimum atomic E-state index is -1.02. The van der Waals surface area contributed by atoms with Gasteiger partial charge in [-0.1, -0.05) is 30.3 Å². The number of aromatic hydroxyl groups is 1. The average molecular weight is 265 g/mol. The lowest BCUT2D eigenvalue weighted by Gasteiger charge is -2.08. The van der Waals surface area contributed by atoms with Gasteiger partial charge in [0.05, 0.1) is 11.1 Å². The molecule has 3 rings (SSSR count). The van der Waals surface area contributed by atoms with E-state index in [0.717, 1.165) is 5.56 Å². The number of fused-ring (bicyclic) bond motifs is 1. The highest BCUT2D eigenvalue weighted by molar-refractivity contribution is 6.00. The molecule has 4 heteroatoms. The molecule has 98 valence electrons. The van der Waals surface area contributed by atoms with Crippen molar-refractivity contribution >= 4 is 16.9 Å². The first-order valence-electron chi connectivity index (χ1n) is 6.07. The molecular weight excluding hydrogens is 254 g/mol. The van der Waals surface area contributed by atoms with Gasteiger partial charge in [0.15, 0.2) is 0 Å². The predicted octanol–water partition coefficient (Wildman–Crippen LogP) is 3.31. The first-order chi connectivity index (χ1) is 9.66. The Morgan fingerprint density at radius 3 is 2.50 bits per heavy atom. The number of phenols is 1. The van der Waals surface area contributed by atoms with Crippen molar-refractivity contribution in [3.8, 4) is 16.9 Å². The van der Waals surface area contributed by atoms with Crippen molar-refractivity contribution in [3.63, 3.8) is 0 Å². The number of nitrogens with zero attached hydrogens (tertiary/aromatic N) is 1. The monoisotopic (exact) mass is 265 g/mol. The quantitative estimate of drug-likeness (QED) is 0.745. The van der Waals surface area contributed by atoms with E-state index in [1.54, 1.807) is 24.3 Å². The van der Waals surface area contributed by atoms with Crippen LogP contribution in [0.4, 0.5) is 0 Å². The highest BCUT2D eigenvalue weighted by atomic mass is 16.4. The number of carboxylic acids is 1. The molecule has 0 saturated heterocycles.